The highest BCUT2D eigenvalue weighted by atomic mass is 35.5. The molecule has 10 rings (SSSR count). The lowest BCUT2D eigenvalue weighted by atomic mass is 10.2. The summed E-state index contributed by atoms with van der Waals surface area (Å²) in [5.74, 6) is 4.66. The van der Waals surface area contributed by atoms with E-state index >= 15 is 0 Å². The number of halogens is 2. The largest absolute Gasteiger partial charge is 0.464 e. The smallest absolute Gasteiger partial charge is 0.328 e. The Morgan fingerprint density at radius 3 is 1.50 bits per heavy atom. The second-order valence-electron chi connectivity index (χ2n) is 15.3. The van der Waals surface area contributed by atoms with Crippen molar-refractivity contribution in [3.63, 3.8) is 0 Å². The van der Waals surface area contributed by atoms with Gasteiger partial charge in [0.25, 0.3) is 0 Å². The minimum atomic E-state index is -0.483. The summed E-state index contributed by atoms with van der Waals surface area (Å²) in [6, 6.07) is 6.76. The molecule has 0 radical (unpaired) electrons. The van der Waals surface area contributed by atoms with E-state index in [9.17, 15) is 9.59 Å². The van der Waals surface area contributed by atoms with E-state index in [1.54, 1.807) is 22.9 Å². The average molecular weight is 862 g/mol. The second-order valence-corrected chi connectivity index (χ2v) is 16.6. The maximum Gasteiger partial charge on any atom is 0.328 e. The van der Waals surface area contributed by atoms with Crippen LogP contribution in [0.4, 0.5) is 23.5 Å². The standard InChI is InChI=1S/2C20H23ClN6O2.2CH4/c2*1-2-29-19(28)16-9-14(21)11-26(16)20-24-18(15-4-3-7-27(15)25-20)23-17-8-13(10-22-17)12-5-6-12;;/h2*3-4,7-8,12,14,16H,2,5-6,9-11H2,1H3,(H,22,23,24,25);2*1H4/t14-,16+;14-,16-;;/m10../s1. The Morgan fingerprint density at radius 1 is 0.700 bits per heavy atom. The predicted octanol–water partition coefficient (Wildman–Crippen LogP) is 6.55. The molecule has 6 aliphatic rings. The number of hydrogen-bond donors (Lipinski definition) is 2. The highest BCUT2D eigenvalue weighted by molar-refractivity contribution is 6.22. The van der Waals surface area contributed by atoms with E-state index in [2.05, 4.69) is 43.0 Å². The third-order valence-corrected chi connectivity index (χ3v) is 11.7. The van der Waals surface area contributed by atoms with Gasteiger partial charge in [-0.1, -0.05) is 14.9 Å². The van der Waals surface area contributed by atoms with Crippen LogP contribution in [-0.2, 0) is 19.1 Å². The first-order chi connectivity index (χ1) is 28.2. The maximum atomic E-state index is 12.4. The lowest BCUT2D eigenvalue weighted by Gasteiger charge is -2.23. The number of aromatic nitrogens is 6. The monoisotopic (exact) mass is 860 g/mol. The van der Waals surface area contributed by atoms with Crippen molar-refractivity contribution in [2.75, 3.05) is 59.8 Å². The van der Waals surface area contributed by atoms with Crippen LogP contribution in [0, 0.1) is 11.8 Å². The summed E-state index contributed by atoms with van der Waals surface area (Å²) in [5.41, 5.74) is 4.47. The molecule has 0 bridgehead atoms. The summed E-state index contributed by atoms with van der Waals surface area (Å²) in [5, 5.41) is 15.6. The zero-order valence-corrected chi connectivity index (χ0v) is 33.9. The molecule has 0 amide bonds. The number of fused-ring (bicyclic) bond motifs is 2. The molecule has 4 atom stereocenters. The highest BCUT2D eigenvalue weighted by Gasteiger charge is 2.40. The van der Waals surface area contributed by atoms with Crippen molar-refractivity contribution in [3.8, 4) is 0 Å². The lowest BCUT2D eigenvalue weighted by Crippen LogP contribution is -2.38. The molecule has 2 saturated carbocycles. The summed E-state index contributed by atoms with van der Waals surface area (Å²) in [6.07, 6.45) is 14.1. The molecule has 2 N–H and O–H groups in total. The number of carbonyl (C=O) groups is 2. The molecule has 4 aromatic rings. The Hall–Kier alpha value is -5.22. The molecule has 2 aliphatic carbocycles. The van der Waals surface area contributed by atoms with Gasteiger partial charge in [-0.2, -0.15) is 9.97 Å². The number of nitrogens with zero attached hydrogens (tertiary/aromatic N) is 10. The summed E-state index contributed by atoms with van der Waals surface area (Å²) in [4.78, 5) is 47.2. The Labute approximate surface area is 360 Å². The zero-order valence-electron chi connectivity index (χ0n) is 32.4. The Bertz CT molecular complexity index is 2190. The molecular formula is C42H54Cl2N12O4. The Kier molecular flexibility index (Phi) is 13.0. The molecule has 4 fully saturated rings. The van der Waals surface area contributed by atoms with Crippen molar-refractivity contribution in [2.24, 2.45) is 21.8 Å². The number of hydrogen-bond acceptors (Lipinski definition) is 14. The van der Waals surface area contributed by atoms with Crippen molar-refractivity contribution in [3.05, 3.63) is 60.0 Å². The van der Waals surface area contributed by atoms with Gasteiger partial charge in [0, 0.05) is 25.5 Å². The summed E-state index contributed by atoms with van der Waals surface area (Å²) in [7, 11) is 0. The van der Waals surface area contributed by atoms with E-state index in [0.29, 0.717) is 74.5 Å². The lowest BCUT2D eigenvalue weighted by molar-refractivity contribution is -0.145. The first-order valence-electron chi connectivity index (χ1n) is 20.1. The molecular weight excluding hydrogens is 807 g/mol. The van der Waals surface area contributed by atoms with Crippen molar-refractivity contribution in [2.45, 2.75) is 90.1 Å². The van der Waals surface area contributed by atoms with Gasteiger partial charge in [-0.05, 0) is 112 Å². The van der Waals surface area contributed by atoms with Crippen LogP contribution in [0.3, 0.4) is 0 Å². The van der Waals surface area contributed by atoms with Crippen LogP contribution in [0.25, 0.3) is 11.0 Å². The number of nitrogens with one attached hydrogen (secondary N) is 2. The molecule has 18 heteroatoms. The number of rotatable bonds is 10. The molecule has 320 valence electrons. The van der Waals surface area contributed by atoms with Gasteiger partial charge in [0.1, 0.15) is 34.8 Å². The Morgan fingerprint density at radius 2 is 1.12 bits per heavy atom. The van der Waals surface area contributed by atoms with Gasteiger partial charge < -0.3 is 29.9 Å². The fraction of sp³-hybridized carbons (Fsp3) is 0.524. The van der Waals surface area contributed by atoms with Gasteiger partial charge in [-0.25, -0.2) is 18.6 Å². The van der Waals surface area contributed by atoms with Gasteiger partial charge in [-0.15, -0.1) is 33.4 Å². The van der Waals surface area contributed by atoms with Crippen LogP contribution in [0.15, 0.2) is 69.9 Å². The average Bonchev–Trinajstić information content (AvgIpc) is 3.73. The van der Waals surface area contributed by atoms with E-state index in [-0.39, 0.29) is 37.5 Å². The summed E-state index contributed by atoms with van der Waals surface area (Å²) >= 11 is 12.7. The predicted molar refractivity (Wildman–Crippen MR) is 237 cm³/mol. The number of alkyl halides is 2. The molecule has 16 nitrogen and oxygen atoms in total. The molecule has 8 heterocycles. The topological polar surface area (TPSA) is 168 Å². The molecule has 4 aromatic heterocycles. The number of anilines is 4. The Balaban J connectivity index is 0.000000176. The third kappa shape index (κ3) is 9.09. The fourth-order valence-electron chi connectivity index (χ4n) is 7.89. The summed E-state index contributed by atoms with van der Waals surface area (Å²) in [6.45, 7) is 6.75. The second kappa shape index (κ2) is 18.2. The summed E-state index contributed by atoms with van der Waals surface area (Å²) < 4.78 is 14.0. The van der Waals surface area contributed by atoms with Crippen LogP contribution in [0.5, 0.6) is 0 Å². The van der Waals surface area contributed by atoms with Gasteiger partial charge in [0.05, 0.1) is 37.1 Å². The number of aliphatic imine (C=N–C) groups is 2. The van der Waals surface area contributed by atoms with E-state index in [0.717, 1.165) is 35.8 Å². The van der Waals surface area contributed by atoms with Crippen molar-refractivity contribution < 1.29 is 19.1 Å². The third-order valence-electron chi connectivity index (χ3n) is 11.1. The zero-order chi connectivity index (χ0) is 39.9. The molecule has 0 unspecified atom stereocenters. The van der Waals surface area contributed by atoms with Crippen LogP contribution < -0.4 is 20.4 Å². The molecule has 60 heavy (non-hydrogen) atoms. The van der Waals surface area contributed by atoms with Crippen LogP contribution in [0.2, 0.25) is 0 Å². The molecule has 0 spiro atoms. The number of amidine groups is 2. The van der Waals surface area contributed by atoms with Crippen LogP contribution in [-0.4, -0.2) is 115 Å². The van der Waals surface area contributed by atoms with Crippen LogP contribution >= 0.6 is 23.2 Å². The van der Waals surface area contributed by atoms with E-state index in [1.807, 2.05) is 46.5 Å². The molecule has 2 saturated heterocycles. The number of esters is 2. The van der Waals surface area contributed by atoms with Gasteiger partial charge in [-0.3, -0.25) is 9.98 Å². The van der Waals surface area contributed by atoms with Crippen molar-refractivity contribution >= 4 is 81.4 Å². The van der Waals surface area contributed by atoms with Gasteiger partial charge >= 0.3 is 11.9 Å². The first-order valence-corrected chi connectivity index (χ1v) is 21.0. The van der Waals surface area contributed by atoms with Crippen LogP contribution in [0.1, 0.15) is 67.2 Å². The maximum absolute atomic E-state index is 12.4. The molecule has 4 aliphatic heterocycles. The number of ether oxygens (including phenoxy) is 2. The first kappa shape index (κ1) is 42.9. The minimum absolute atomic E-state index is 0. The van der Waals surface area contributed by atoms with Gasteiger partial charge in [0.15, 0.2) is 11.6 Å². The number of carbonyl (C=O) groups excluding carboxylic acids is 2. The molecule has 0 aromatic carbocycles. The fourth-order valence-corrected chi connectivity index (χ4v) is 8.53. The highest BCUT2D eigenvalue weighted by Crippen LogP contribution is 2.39. The SMILES string of the molecule is C.C.CCOC(=O)[C@@H]1C[C@@H](Cl)CN1c1nc(NC2=NCC(C3CC3)=C2)c2cccn2n1.CCOC(=O)[C@@H]1C[C@H](Cl)CN1c1nc(NC2=NCC(C3CC3)=C2)c2cccn2n1. The van der Waals surface area contributed by atoms with Gasteiger partial charge in [0.2, 0.25) is 11.9 Å². The van der Waals surface area contributed by atoms with Crippen molar-refractivity contribution in [1.29, 1.82) is 0 Å². The quantitative estimate of drug-likeness (QED) is 0.131. The van der Waals surface area contributed by atoms with E-state index in [4.69, 9.17) is 42.6 Å². The van der Waals surface area contributed by atoms with E-state index < -0.39 is 12.1 Å². The van der Waals surface area contributed by atoms with E-state index in [1.165, 1.54) is 36.8 Å². The minimum Gasteiger partial charge on any atom is -0.464 e. The van der Waals surface area contributed by atoms with Crippen molar-refractivity contribution in [1.82, 2.24) is 29.2 Å². The normalized spacial score (nSPS) is 23.2.